The number of pyridine rings is 1. The molecule has 0 spiro atoms. The summed E-state index contributed by atoms with van der Waals surface area (Å²) in [7, 11) is 0. The molecule has 0 saturated heterocycles. The van der Waals surface area contributed by atoms with Gasteiger partial charge in [-0.1, -0.05) is 6.07 Å². The molecule has 0 aliphatic heterocycles. The number of benzene rings is 1. The molecule has 0 radical (unpaired) electrons. The third-order valence-corrected chi connectivity index (χ3v) is 3.30. The van der Waals surface area contributed by atoms with Crippen molar-refractivity contribution in [3.05, 3.63) is 47.8 Å². The van der Waals surface area contributed by atoms with Gasteiger partial charge in [-0.2, -0.15) is 0 Å². The molecule has 0 amide bonds. The van der Waals surface area contributed by atoms with Gasteiger partial charge in [0, 0.05) is 34.9 Å². The van der Waals surface area contributed by atoms with E-state index in [1.54, 1.807) is 0 Å². The Kier molecular flexibility index (Phi) is 3.52. The third-order valence-electron chi connectivity index (χ3n) is 3.30. The molecule has 0 bridgehead atoms. The van der Waals surface area contributed by atoms with Crippen LogP contribution in [0.1, 0.15) is 18.3 Å². The minimum absolute atomic E-state index is 0.744. The maximum Gasteiger partial charge on any atom is 0.161 e. The molecule has 3 aromatic rings. The van der Waals surface area contributed by atoms with Gasteiger partial charge in [0.05, 0.1) is 5.52 Å². The maximum absolute atomic E-state index is 4.58. The van der Waals surface area contributed by atoms with E-state index in [1.165, 1.54) is 0 Å². The first-order valence-corrected chi connectivity index (χ1v) is 7.13. The molecule has 0 unspecified atom stereocenters. The van der Waals surface area contributed by atoms with E-state index in [-0.39, 0.29) is 0 Å². The predicted octanol–water partition coefficient (Wildman–Crippen LogP) is 3.74. The van der Waals surface area contributed by atoms with Crippen LogP contribution in [0.2, 0.25) is 0 Å². The summed E-state index contributed by atoms with van der Waals surface area (Å²) in [6.45, 7) is 6.88. The number of hydrogen-bond acceptors (Lipinski definition) is 4. The Labute approximate surface area is 124 Å². The lowest BCUT2D eigenvalue weighted by Gasteiger charge is -2.08. The van der Waals surface area contributed by atoms with Gasteiger partial charge in [-0.15, -0.1) is 0 Å². The molecule has 0 fully saturated rings. The zero-order valence-corrected chi connectivity index (χ0v) is 12.5. The topological polar surface area (TPSA) is 50.7 Å². The zero-order valence-electron chi connectivity index (χ0n) is 12.5. The first-order valence-electron chi connectivity index (χ1n) is 7.13. The summed E-state index contributed by atoms with van der Waals surface area (Å²) in [5.74, 6) is 1.61. The molecule has 4 nitrogen and oxygen atoms in total. The van der Waals surface area contributed by atoms with Gasteiger partial charge in [0.15, 0.2) is 5.82 Å². The number of nitrogens with zero attached hydrogens (tertiary/aromatic N) is 3. The number of aryl methyl sites for hydroxylation is 2. The maximum atomic E-state index is 4.58. The summed E-state index contributed by atoms with van der Waals surface area (Å²) < 4.78 is 0. The van der Waals surface area contributed by atoms with Crippen molar-refractivity contribution in [3.63, 3.8) is 0 Å². The minimum Gasteiger partial charge on any atom is -0.370 e. The average molecular weight is 278 g/mol. The summed E-state index contributed by atoms with van der Waals surface area (Å²) in [5, 5.41) is 4.34. The molecule has 1 aromatic carbocycles. The van der Waals surface area contributed by atoms with E-state index in [4.69, 9.17) is 0 Å². The SMILES string of the molecule is CCNc1cc(C)nc(-c2ccc3nc(C)ccc3c2)n1. The molecule has 2 heterocycles. The quantitative estimate of drug-likeness (QED) is 0.793. The monoisotopic (exact) mass is 278 g/mol. The van der Waals surface area contributed by atoms with Gasteiger partial charge in [-0.3, -0.25) is 4.98 Å². The van der Waals surface area contributed by atoms with Crippen molar-refractivity contribution in [3.8, 4) is 11.4 Å². The van der Waals surface area contributed by atoms with Crippen molar-refractivity contribution in [2.24, 2.45) is 0 Å². The average Bonchev–Trinajstić information content (AvgIpc) is 2.46. The molecule has 0 aliphatic rings. The highest BCUT2D eigenvalue weighted by Gasteiger charge is 2.06. The van der Waals surface area contributed by atoms with Gasteiger partial charge in [0.25, 0.3) is 0 Å². The lowest BCUT2D eigenvalue weighted by atomic mass is 10.1. The normalized spacial score (nSPS) is 10.8. The Hall–Kier alpha value is -2.49. The summed E-state index contributed by atoms with van der Waals surface area (Å²) in [5.41, 5.74) is 3.99. The van der Waals surface area contributed by atoms with E-state index >= 15 is 0 Å². The van der Waals surface area contributed by atoms with Crippen LogP contribution in [0.15, 0.2) is 36.4 Å². The molecule has 0 aliphatic carbocycles. The number of hydrogen-bond donors (Lipinski definition) is 1. The fourth-order valence-corrected chi connectivity index (χ4v) is 2.34. The molecule has 4 heteroatoms. The van der Waals surface area contributed by atoms with Crippen LogP contribution in [0.5, 0.6) is 0 Å². The van der Waals surface area contributed by atoms with Crippen LogP contribution in [0, 0.1) is 13.8 Å². The molecule has 1 N–H and O–H groups in total. The summed E-state index contributed by atoms with van der Waals surface area (Å²) in [4.78, 5) is 13.6. The fraction of sp³-hybridized carbons (Fsp3) is 0.235. The largest absolute Gasteiger partial charge is 0.370 e. The summed E-state index contributed by atoms with van der Waals surface area (Å²) >= 11 is 0. The van der Waals surface area contributed by atoms with Crippen molar-refractivity contribution >= 4 is 16.7 Å². The van der Waals surface area contributed by atoms with Crippen molar-refractivity contribution in [1.82, 2.24) is 15.0 Å². The van der Waals surface area contributed by atoms with Crippen molar-refractivity contribution in [2.75, 3.05) is 11.9 Å². The zero-order chi connectivity index (χ0) is 14.8. The van der Waals surface area contributed by atoms with Crippen LogP contribution in [0.25, 0.3) is 22.3 Å². The Morgan fingerprint density at radius 2 is 1.76 bits per heavy atom. The molecular formula is C17H18N4. The Bertz CT molecular complexity index is 796. The third kappa shape index (κ3) is 2.84. The van der Waals surface area contributed by atoms with Crippen LogP contribution in [-0.2, 0) is 0 Å². The standard InChI is InChI=1S/C17H18N4/c1-4-18-16-9-12(3)20-17(21-16)14-7-8-15-13(10-14)6-5-11(2)19-15/h5-10H,4H2,1-3H3,(H,18,20,21). The van der Waals surface area contributed by atoms with Gasteiger partial charge in [-0.05, 0) is 45.0 Å². The molecule has 106 valence electrons. The van der Waals surface area contributed by atoms with Crippen LogP contribution < -0.4 is 5.32 Å². The lowest BCUT2D eigenvalue weighted by molar-refractivity contribution is 1.08. The van der Waals surface area contributed by atoms with Gasteiger partial charge >= 0.3 is 0 Å². The Balaban J connectivity index is 2.09. The second-order valence-electron chi connectivity index (χ2n) is 5.11. The number of anilines is 1. The van der Waals surface area contributed by atoms with E-state index in [9.17, 15) is 0 Å². The lowest BCUT2D eigenvalue weighted by Crippen LogP contribution is -2.02. The highest BCUT2D eigenvalue weighted by molar-refractivity contribution is 5.83. The first kappa shape index (κ1) is 13.5. The van der Waals surface area contributed by atoms with Crippen LogP contribution in [0.3, 0.4) is 0 Å². The van der Waals surface area contributed by atoms with Gasteiger partial charge in [-0.25, -0.2) is 9.97 Å². The van der Waals surface area contributed by atoms with E-state index < -0.39 is 0 Å². The molecule has 2 aromatic heterocycles. The summed E-state index contributed by atoms with van der Waals surface area (Å²) in [6.07, 6.45) is 0. The van der Waals surface area contributed by atoms with E-state index in [0.717, 1.165) is 46.0 Å². The smallest absolute Gasteiger partial charge is 0.161 e. The highest BCUT2D eigenvalue weighted by atomic mass is 15.0. The number of nitrogens with one attached hydrogen (secondary N) is 1. The van der Waals surface area contributed by atoms with Crippen molar-refractivity contribution in [1.29, 1.82) is 0 Å². The molecule has 0 saturated carbocycles. The second-order valence-corrected chi connectivity index (χ2v) is 5.11. The van der Waals surface area contributed by atoms with Crippen LogP contribution >= 0.6 is 0 Å². The number of fused-ring (bicyclic) bond motifs is 1. The van der Waals surface area contributed by atoms with Gasteiger partial charge in [0.2, 0.25) is 0 Å². The minimum atomic E-state index is 0.744. The second kappa shape index (κ2) is 5.48. The number of aromatic nitrogens is 3. The number of rotatable bonds is 3. The van der Waals surface area contributed by atoms with Gasteiger partial charge in [0.1, 0.15) is 5.82 Å². The van der Waals surface area contributed by atoms with E-state index in [0.29, 0.717) is 0 Å². The Morgan fingerprint density at radius 3 is 2.57 bits per heavy atom. The fourth-order valence-electron chi connectivity index (χ4n) is 2.34. The van der Waals surface area contributed by atoms with Crippen LogP contribution in [-0.4, -0.2) is 21.5 Å². The summed E-state index contributed by atoms with van der Waals surface area (Å²) in [6, 6.07) is 12.2. The van der Waals surface area contributed by atoms with Gasteiger partial charge < -0.3 is 5.32 Å². The van der Waals surface area contributed by atoms with Crippen LogP contribution in [0.4, 0.5) is 5.82 Å². The van der Waals surface area contributed by atoms with E-state index in [2.05, 4.69) is 39.3 Å². The van der Waals surface area contributed by atoms with E-state index in [1.807, 2.05) is 38.1 Å². The predicted molar refractivity (Wildman–Crippen MR) is 86.4 cm³/mol. The molecule has 21 heavy (non-hydrogen) atoms. The molecule has 0 atom stereocenters. The van der Waals surface area contributed by atoms with Crippen molar-refractivity contribution < 1.29 is 0 Å². The molecular weight excluding hydrogens is 260 g/mol. The Morgan fingerprint density at radius 1 is 0.905 bits per heavy atom. The molecule has 3 rings (SSSR count). The van der Waals surface area contributed by atoms with Crippen molar-refractivity contribution in [2.45, 2.75) is 20.8 Å². The first-order chi connectivity index (χ1) is 10.2. The highest BCUT2D eigenvalue weighted by Crippen LogP contribution is 2.22.